The van der Waals surface area contributed by atoms with Crippen molar-refractivity contribution in [1.82, 2.24) is 9.71 Å². The Kier molecular flexibility index (Phi) is 5.23. The molecule has 108 valence electrons. The predicted octanol–water partition coefficient (Wildman–Crippen LogP) is -0.920. The zero-order chi connectivity index (χ0) is 14.5. The molecule has 19 heavy (non-hydrogen) atoms. The van der Waals surface area contributed by atoms with Gasteiger partial charge in [0.1, 0.15) is 10.7 Å². The van der Waals surface area contributed by atoms with Crippen LogP contribution in [-0.2, 0) is 19.9 Å². The smallest absolute Gasteiger partial charge is 0.242 e. The van der Waals surface area contributed by atoms with Crippen molar-refractivity contribution in [2.45, 2.75) is 11.8 Å². The van der Waals surface area contributed by atoms with Crippen LogP contribution < -0.4 is 16.0 Å². The molecule has 1 aromatic rings. The van der Waals surface area contributed by atoms with Gasteiger partial charge < -0.3 is 5.43 Å². The molecule has 0 atom stereocenters. The fraction of sp³-hybridized carbons (Fsp3) is 0.444. The van der Waals surface area contributed by atoms with E-state index in [9.17, 15) is 16.8 Å². The van der Waals surface area contributed by atoms with Crippen LogP contribution in [0.2, 0.25) is 0 Å². The Morgan fingerprint density at radius 3 is 2.42 bits per heavy atom. The van der Waals surface area contributed by atoms with Crippen LogP contribution in [0.4, 0.5) is 5.82 Å². The number of hydrogen-bond donors (Lipinski definition) is 3. The summed E-state index contributed by atoms with van der Waals surface area (Å²) < 4.78 is 48.3. The molecule has 1 heterocycles. The minimum atomic E-state index is -3.76. The average molecular weight is 308 g/mol. The molecule has 8 nitrogen and oxygen atoms in total. The third-order valence-electron chi connectivity index (χ3n) is 2.34. The summed E-state index contributed by atoms with van der Waals surface area (Å²) in [5.41, 5.74) is 2.27. The molecule has 0 aliphatic heterocycles. The van der Waals surface area contributed by atoms with Crippen molar-refractivity contribution in [3.05, 3.63) is 18.3 Å². The second-order valence-electron chi connectivity index (χ2n) is 3.66. The summed E-state index contributed by atoms with van der Waals surface area (Å²) in [6.45, 7) is 1.34. The first-order valence-corrected chi connectivity index (χ1v) is 8.74. The minimum absolute atomic E-state index is 0.0207. The molecule has 0 fully saturated rings. The summed E-state index contributed by atoms with van der Waals surface area (Å²) in [5.74, 6) is 5.18. The molecule has 0 spiro atoms. The van der Waals surface area contributed by atoms with Gasteiger partial charge in [-0.3, -0.25) is 0 Å². The number of sulfonamides is 1. The lowest BCUT2D eigenvalue weighted by Gasteiger charge is -2.07. The Morgan fingerprint density at radius 2 is 1.95 bits per heavy atom. The number of rotatable bonds is 7. The van der Waals surface area contributed by atoms with Gasteiger partial charge in [0.2, 0.25) is 10.0 Å². The van der Waals surface area contributed by atoms with Gasteiger partial charge in [0.25, 0.3) is 0 Å². The number of nitrogens with zero attached hydrogens (tertiary/aromatic N) is 1. The van der Waals surface area contributed by atoms with E-state index in [0.717, 1.165) is 6.20 Å². The van der Waals surface area contributed by atoms with Gasteiger partial charge in [0.15, 0.2) is 9.84 Å². The number of hydrazine groups is 1. The van der Waals surface area contributed by atoms with E-state index in [-0.39, 0.29) is 22.9 Å². The summed E-state index contributed by atoms with van der Waals surface area (Å²) in [6, 6.07) is 2.72. The number of hydrogen-bond acceptors (Lipinski definition) is 7. The Labute approximate surface area is 112 Å². The van der Waals surface area contributed by atoms with Gasteiger partial charge in [-0.05, 0) is 12.1 Å². The lowest BCUT2D eigenvalue weighted by molar-refractivity contribution is 0.581. The van der Waals surface area contributed by atoms with Crippen molar-refractivity contribution in [1.29, 1.82) is 0 Å². The minimum Gasteiger partial charge on any atom is -0.308 e. The summed E-state index contributed by atoms with van der Waals surface area (Å²) in [7, 11) is -6.97. The maximum absolute atomic E-state index is 11.8. The Morgan fingerprint density at radius 1 is 1.26 bits per heavy atom. The lowest BCUT2D eigenvalue weighted by Crippen LogP contribution is -2.29. The van der Waals surface area contributed by atoms with Gasteiger partial charge >= 0.3 is 0 Å². The summed E-state index contributed by atoms with van der Waals surface area (Å²) in [5, 5.41) is 0. The van der Waals surface area contributed by atoms with E-state index in [0.29, 0.717) is 5.82 Å². The number of pyridine rings is 1. The Hall–Kier alpha value is -1.23. The molecule has 0 radical (unpaired) electrons. The Bertz CT molecular complexity index is 610. The zero-order valence-electron chi connectivity index (χ0n) is 10.3. The van der Waals surface area contributed by atoms with Crippen molar-refractivity contribution in [2.75, 3.05) is 23.5 Å². The topological polar surface area (TPSA) is 131 Å². The van der Waals surface area contributed by atoms with Gasteiger partial charge in [-0.25, -0.2) is 32.4 Å². The van der Waals surface area contributed by atoms with Crippen molar-refractivity contribution in [3.63, 3.8) is 0 Å². The third-order valence-corrected chi connectivity index (χ3v) is 5.49. The van der Waals surface area contributed by atoms with Crippen molar-refractivity contribution in [2.24, 2.45) is 5.84 Å². The van der Waals surface area contributed by atoms with Crippen LogP contribution in [0.1, 0.15) is 6.92 Å². The maximum atomic E-state index is 11.8. The first-order valence-electron chi connectivity index (χ1n) is 5.43. The van der Waals surface area contributed by atoms with E-state index in [2.05, 4.69) is 15.1 Å². The van der Waals surface area contributed by atoms with E-state index in [1.165, 1.54) is 19.1 Å². The maximum Gasteiger partial charge on any atom is 0.242 e. The van der Waals surface area contributed by atoms with E-state index in [1.54, 1.807) is 0 Å². The van der Waals surface area contributed by atoms with Crippen LogP contribution in [0.5, 0.6) is 0 Å². The number of aromatic nitrogens is 1. The van der Waals surface area contributed by atoms with Gasteiger partial charge in [0, 0.05) is 18.5 Å². The second kappa shape index (κ2) is 6.28. The summed E-state index contributed by atoms with van der Waals surface area (Å²) >= 11 is 0. The monoisotopic (exact) mass is 308 g/mol. The summed E-state index contributed by atoms with van der Waals surface area (Å²) in [6.07, 6.45) is 1.13. The highest BCUT2D eigenvalue weighted by molar-refractivity contribution is 7.91. The normalized spacial score (nSPS) is 12.3. The Balaban J connectivity index is 2.70. The molecule has 0 amide bonds. The van der Waals surface area contributed by atoms with Crippen LogP contribution in [0.25, 0.3) is 0 Å². The van der Waals surface area contributed by atoms with Crippen LogP contribution in [-0.4, -0.2) is 39.9 Å². The molecular weight excluding hydrogens is 292 g/mol. The molecule has 0 saturated carbocycles. The first kappa shape index (κ1) is 15.8. The van der Waals surface area contributed by atoms with Crippen LogP contribution >= 0.6 is 0 Å². The number of sulfone groups is 1. The summed E-state index contributed by atoms with van der Waals surface area (Å²) in [4.78, 5) is 3.71. The zero-order valence-corrected chi connectivity index (χ0v) is 12.0. The molecule has 0 saturated heterocycles. The van der Waals surface area contributed by atoms with E-state index < -0.39 is 19.9 Å². The fourth-order valence-corrected chi connectivity index (χ4v) is 2.99. The fourth-order valence-electron chi connectivity index (χ4n) is 1.18. The highest BCUT2D eigenvalue weighted by atomic mass is 32.2. The molecule has 0 aliphatic carbocycles. The van der Waals surface area contributed by atoms with E-state index >= 15 is 0 Å². The van der Waals surface area contributed by atoms with Gasteiger partial charge in [-0.2, -0.15) is 0 Å². The standard InChI is InChI=1S/C9H16N4O4S2/c1-2-18(14,15)6-5-12-19(16,17)8-3-4-9(13-10)11-7-8/h3-4,7,12H,2,5-6,10H2,1H3,(H,11,13). The van der Waals surface area contributed by atoms with Crippen LogP contribution in [0.3, 0.4) is 0 Å². The molecule has 10 heteroatoms. The van der Waals surface area contributed by atoms with Crippen molar-refractivity contribution >= 4 is 25.7 Å². The van der Waals surface area contributed by atoms with Gasteiger partial charge in [0.05, 0.1) is 5.75 Å². The number of nitrogen functional groups attached to an aromatic ring is 1. The number of nitrogens with one attached hydrogen (secondary N) is 2. The molecule has 0 bridgehead atoms. The largest absolute Gasteiger partial charge is 0.308 e. The molecule has 0 unspecified atom stereocenters. The van der Waals surface area contributed by atoms with Gasteiger partial charge in [-0.1, -0.05) is 6.92 Å². The third kappa shape index (κ3) is 4.74. The highest BCUT2D eigenvalue weighted by Crippen LogP contribution is 2.09. The lowest BCUT2D eigenvalue weighted by atomic mass is 10.5. The van der Waals surface area contributed by atoms with Crippen molar-refractivity contribution < 1.29 is 16.8 Å². The van der Waals surface area contributed by atoms with Gasteiger partial charge in [-0.15, -0.1) is 0 Å². The number of anilines is 1. The molecular formula is C9H16N4O4S2. The van der Waals surface area contributed by atoms with Crippen LogP contribution in [0, 0.1) is 0 Å². The average Bonchev–Trinajstić information content (AvgIpc) is 2.38. The second-order valence-corrected chi connectivity index (χ2v) is 7.90. The molecule has 1 rings (SSSR count). The number of nitrogens with two attached hydrogens (primary N) is 1. The van der Waals surface area contributed by atoms with E-state index in [1.807, 2.05) is 0 Å². The molecule has 0 aromatic carbocycles. The predicted molar refractivity (Wildman–Crippen MR) is 71.6 cm³/mol. The molecule has 0 aliphatic rings. The van der Waals surface area contributed by atoms with Crippen LogP contribution in [0.15, 0.2) is 23.2 Å². The van der Waals surface area contributed by atoms with E-state index in [4.69, 9.17) is 5.84 Å². The SMILES string of the molecule is CCS(=O)(=O)CCNS(=O)(=O)c1ccc(NN)nc1. The quantitative estimate of drug-likeness (QED) is 0.438. The molecule has 1 aromatic heterocycles. The highest BCUT2D eigenvalue weighted by Gasteiger charge is 2.15. The van der Waals surface area contributed by atoms with Crippen molar-refractivity contribution in [3.8, 4) is 0 Å². The molecule has 4 N–H and O–H groups in total. The first-order chi connectivity index (χ1) is 8.80.